The summed E-state index contributed by atoms with van der Waals surface area (Å²) in [6, 6.07) is 6.30. The van der Waals surface area contributed by atoms with Crippen LogP contribution in [0.4, 0.5) is 39.4 Å². The van der Waals surface area contributed by atoms with E-state index in [1.54, 1.807) is 0 Å². The highest BCUT2D eigenvalue weighted by Crippen LogP contribution is 2.38. The maximum Gasteiger partial charge on any atom is 0.417 e. The van der Waals surface area contributed by atoms with Crippen molar-refractivity contribution in [3.8, 4) is 0 Å². The second kappa shape index (κ2) is 11.6. The molecule has 0 atom stereocenters. The first-order valence-electron chi connectivity index (χ1n) is 11.0. The Hall–Kier alpha value is -3.31. The smallest absolute Gasteiger partial charge is 0.417 e. The van der Waals surface area contributed by atoms with Crippen LogP contribution >= 0.6 is 11.6 Å². The predicted octanol–water partition coefficient (Wildman–Crippen LogP) is 6.16. The summed E-state index contributed by atoms with van der Waals surface area (Å²) >= 11 is 5.73. The minimum Gasteiger partial charge on any atom is -0.478 e. The first-order chi connectivity index (χ1) is 17.0. The van der Waals surface area contributed by atoms with Crippen molar-refractivity contribution in [2.24, 2.45) is 0 Å². The summed E-state index contributed by atoms with van der Waals surface area (Å²) < 4.78 is 60.4. The molecule has 1 fully saturated rings. The van der Waals surface area contributed by atoms with E-state index in [0.29, 0.717) is 38.3 Å². The molecule has 0 aliphatic carbocycles. The number of carboxylic acids is 1. The zero-order valence-corrected chi connectivity index (χ0v) is 19.9. The SMILES string of the molecule is CCN(c1ccc(/C(=C/C(=O)O)C(F)(F)F)cc1NC(=O)Nc1ccc(Cl)cc1F)C1CCOCC1. The molecule has 1 saturated heterocycles. The van der Waals surface area contributed by atoms with Crippen molar-refractivity contribution in [1.29, 1.82) is 0 Å². The number of halogens is 5. The molecule has 0 bridgehead atoms. The van der Waals surface area contributed by atoms with Gasteiger partial charge in [0.2, 0.25) is 0 Å². The van der Waals surface area contributed by atoms with Gasteiger partial charge < -0.3 is 25.4 Å². The number of allylic oxidation sites excluding steroid dienone is 1. The summed E-state index contributed by atoms with van der Waals surface area (Å²) in [6.45, 7) is 3.36. The molecule has 194 valence electrons. The number of carbonyl (C=O) groups is 2. The number of nitrogens with zero attached hydrogens (tertiary/aromatic N) is 1. The maximum atomic E-state index is 14.1. The number of hydrogen-bond acceptors (Lipinski definition) is 4. The van der Waals surface area contributed by atoms with E-state index in [1.807, 2.05) is 11.8 Å². The number of carbonyl (C=O) groups excluding carboxylic acids is 1. The van der Waals surface area contributed by atoms with E-state index in [1.165, 1.54) is 18.2 Å². The largest absolute Gasteiger partial charge is 0.478 e. The molecule has 36 heavy (non-hydrogen) atoms. The van der Waals surface area contributed by atoms with Crippen LogP contribution in [0.25, 0.3) is 5.57 Å². The number of urea groups is 1. The van der Waals surface area contributed by atoms with Gasteiger partial charge in [-0.1, -0.05) is 17.7 Å². The van der Waals surface area contributed by atoms with E-state index < -0.39 is 35.1 Å². The summed E-state index contributed by atoms with van der Waals surface area (Å²) in [6.07, 6.45) is -3.55. The van der Waals surface area contributed by atoms with Gasteiger partial charge in [-0.15, -0.1) is 0 Å². The fourth-order valence-corrected chi connectivity index (χ4v) is 4.15. The van der Waals surface area contributed by atoms with E-state index in [0.717, 1.165) is 18.2 Å². The molecule has 1 aliphatic heterocycles. The molecule has 0 saturated carbocycles. The van der Waals surface area contributed by atoms with Crippen LogP contribution in [0.5, 0.6) is 0 Å². The average Bonchev–Trinajstić information content (AvgIpc) is 2.80. The lowest BCUT2D eigenvalue weighted by Gasteiger charge is -2.36. The van der Waals surface area contributed by atoms with Gasteiger partial charge >= 0.3 is 18.2 Å². The zero-order valence-electron chi connectivity index (χ0n) is 19.2. The second-order valence-corrected chi connectivity index (χ2v) is 8.40. The number of alkyl halides is 3. The van der Waals surface area contributed by atoms with Crippen molar-refractivity contribution in [3.63, 3.8) is 0 Å². The molecule has 2 aromatic rings. The Morgan fingerprint density at radius 3 is 2.39 bits per heavy atom. The van der Waals surface area contributed by atoms with Crippen molar-refractivity contribution in [1.82, 2.24) is 0 Å². The highest BCUT2D eigenvalue weighted by Gasteiger charge is 2.36. The summed E-state index contributed by atoms with van der Waals surface area (Å²) in [7, 11) is 0. The van der Waals surface area contributed by atoms with Gasteiger partial charge in [-0.3, -0.25) is 0 Å². The first kappa shape index (κ1) is 27.3. The van der Waals surface area contributed by atoms with E-state index in [9.17, 15) is 27.2 Å². The molecular formula is C24H24ClF4N3O4. The molecule has 12 heteroatoms. The quantitative estimate of drug-likeness (QED) is 0.295. The van der Waals surface area contributed by atoms with Crippen molar-refractivity contribution < 1.29 is 37.0 Å². The van der Waals surface area contributed by atoms with Gasteiger partial charge in [-0.2, -0.15) is 13.2 Å². The molecule has 0 spiro atoms. The third kappa shape index (κ3) is 6.88. The number of aliphatic carboxylic acids is 1. The minimum atomic E-state index is -4.96. The predicted molar refractivity (Wildman–Crippen MR) is 129 cm³/mol. The van der Waals surface area contributed by atoms with Crippen LogP contribution in [-0.2, 0) is 9.53 Å². The Morgan fingerprint density at radius 2 is 1.81 bits per heavy atom. The van der Waals surface area contributed by atoms with Crippen molar-refractivity contribution in [2.75, 3.05) is 35.3 Å². The molecule has 2 amide bonds. The molecule has 2 aromatic carbocycles. The van der Waals surface area contributed by atoms with Gasteiger partial charge in [-0.25, -0.2) is 14.0 Å². The highest BCUT2D eigenvalue weighted by atomic mass is 35.5. The normalized spacial score (nSPS) is 14.9. The molecule has 0 radical (unpaired) electrons. The lowest BCUT2D eigenvalue weighted by molar-refractivity contribution is -0.131. The number of amides is 2. The fraction of sp³-hybridized carbons (Fsp3) is 0.333. The van der Waals surface area contributed by atoms with Crippen LogP contribution in [0.15, 0.2) is 42.5 Å². The molecule has 0 aromatic heterocycles. The lowest BCUT2D eigenvalue weighted by atomic mass is 10.0. The van der Waals surface area contributed by atoms with Gasteiger partial charge in [0.25, 0.3) is 0 Å². The van der Waals surface area contributed by atoms with Crippen LogP contribution in [0, 0.1) is 5.82 Å². The summed E-state index contributed by atoms with van der Waals surface area (Å²) in [4.78, 5) is 25.7. The molecule has 0 unspecified atom stereocenters. The van der Waals surface area contributed by atoms with Crippen molar-refractivity contribution in [3.05, 3.63) is 58.9 Å². The Balaban J connectivity index is 2.02. The van der Waals surface area contributed by atoms with Gasteiger partial charge in [0.15, 0.2) is 0 Å². The number of nitrogens with one attached hydrogen (secondary N) is 2. The standard InChI is InChI=1S/C24H24ClF4N3O4/c1-2-32(16-7-9-36-10-8-16)21-6-3-14(17(13-22(33)34)24(27,28)29)11-20(21)31-23(35)30-19-5-4-15(25)12-18(19)26/h3-6,11-13,16H,2,7-10H2,1H3,(H,33,34)(H2,30,31,35)/b17-13-. The maximum absolute atomic E-state index is 14.1. The molecule has 1 aliphatic rings. The number of anilines is 3. The van der Waals surface area contributed by atoms with Crippen molar-refractivity contribution in [2.45, 2.75) is 32.0 Å². The first-order valence-corrected chi connectivity index (χ1v) is 11.4. The monoisotopic (exact) mass is 529 g/mol. The van der Waals surface area contributed by atoms with Crippen LogP contribution in [0.1, 0.15) is 25.3 Å². The Bertz CT molecular complexity index is 1150. The Kier molecular flexibility index (Phi) is 8.80. The number of hydrogen-bond donors (Lipinski definition) is 3. The number of carboxylic acid groups (broad SMARTS) is 1. The van der Waals surface area contributed by atoms with Crippen LogP contribution in [0.3, 0.4) is 0 Å². The van der Waals surface area contributed by atoms with Crippen LogP contribution in [0.2, 0.25) is 5.02 Å². The molecule has 3 rings (SSSR count). The number of ether oxygens (including phenoxy) is 1. The average molecular weight is 530 g/mol. The third-order valence-corrected chi connectivity index (χ3v) is 5.83. The zero-order chi connectivity index (χ0) is 26.5. The number of benzene rings is 2. The fourth-order valence-electron chi connectivity index (χ4n) is 4.00. The minimum absolute atomic E-state index is 0.00330. The van der Waals surface area contributed by atoms with E-state index in [2.05, 4.69) is 10.6 Å². The Labute approximate surface area is 209 Å². The van der Waals surface area contributed by atoms with E-state index >= 15 is 0 Å². The topological polar surface area (TPSA) is 90.9 Å². The van der Waals surface area contributed by atoms with E-state index in [-0.39, 0.29) is 28.5 Å². The highest BCUT2D eigenvalue weighted by molar-refractivity contribution is 6.30. The molecule has 3 N–H and O–H groups in total. The van der Waals surface area contributed by atoms with Gasteiger partial charge in [0.1, 0.15) is 5.82 Å². The Morgan fingerprint density at radius 1 is 1.14 bits per heavy atom. The second-order valence-electron chi connectivity index (χ2n) is 7.96. The van der Waals surface area contributed by atoms with Crippen LogP contribution in [-0.4, -0.2) is 49.1 Å². The van der Waals surface area contributed by atoms with Crippen LogP contribution < -0.4 is 15.5 Å². The molecule has 7 nitrogen and oxygen atoms in total. The summed E-state index contributed by atoms with van der Waals surface area (Å²) in [5.41, 5.74) is -1.61. The van der Waals surface area contributed by atoms with Gasteiger partial charge in [0, 0.05) is 36.9 Å². The van der Waals surface area contributed by atoms with E-state index in [4.69, 9.17) is 21.4 Å². The molecular weight excluding hydrogens is 506 g/mol. The molecule has 1 heterocycles. The third-order valence-electron chi connectivity index (χ3n) is 5.59. The summed E-state index contributed by atoms with van der Waals surface area (Å²) in [5, 5.41) is 13.9. The lowest BCUT2D eigenvalue weighted by Crippen LogP contribution is -2.40. The van der Waals surface area contributed by atoms with Gasteiger partial charge in [-0.05, 0) is 55.7 Å². The summed E-state index contributed by atoms with van der Waals surface area (Å²) in [5.74, 6) is -2.57. The van der Waals surface area contributed by atoms with Gasteiger partial charge in [0.05, 0.1) is 22.6 Å². The van der Waals surface area contributed by atoms with Crippen molar-refractivity contribution >= 4 is 46.2 Å². The number of rotatable bonds is 7.